The second-order valence-corrected chi connectivity index (χ2v) is 10.8. The van der Waals surface area contributed by atoms with Crippen molar-refractivity contribution in [2.45, 2.75) is 18.2 Å². The predicted octanol–water partition coefficient (Wildman–Crippen LogP) is 6.91. The van der Waals surface area contributed by atoms with Crippen molar-refractivity contribution in [3.05, 3.63) is 107 Å². The molecule has 1 amide bonds. The number of anilines is 1. The quantitative estimate of drug-likeness (QED) is 0.272. The van der Waals surface area contributed by atoms with Crippen molar-refractivity contribution >= 4 is 33.0 Å². The molecule has 8 heteroatoms. The summed E-state index contributed by atoms with van der Waals surface area (Å²) in [5.41, 5.74) is 2.67. The number of carbonyl (C=O) groups excluding carboxylic acids is 1. The van der Waals surface area contributed by atoms with E-state index in [1.165, 1.54) is 24.3 Å². The maximum Gasteiger partial charge on any atom is 0.228 e. The van der Waals surface area contributed by atoms with E-state index < -0.39 is 9.84 Å². The van der Waals surface area contributed by atoms with E-state index in [0.717, 1.165) is 11.1 Å². The number of halogens is 2. The average molecular weight is 524 g/mol. The van der Waals surface area contributed by atoms with Crippen LogP contribution in [0.5, 0.6) is 11.5 Å². The summed E-state index contributed by atoms with van der Waals surface area (Å²) in [7, 11) is -3.30. The molecule has 0 radical (unpaired) electrons. The number of nitrogens with one attached hydrogen (secondary N) is 1. The predicted molar refractivity (Wildman–Crippen MR) is 140 cm³/mol. The average Bonchev–Trinajstić information content (AvgIpc) is 2.86. The van der Waals surface area contributed by atoms with Gasteiger partial charge in [-0.2, -0.15) is 0 Å². The molecule has 36 heavy (non-hydrogen) atoms. The second kappa shape index (κ2) is 10.9. The van der Waals surface area contributed by atoms with Gasteiger partial charge < -0.3 is 10.1 Å². The number of amides is 1. The molecule has 1 N–H and O–H groups in total. The largest absolute Gasteiger partial charge is 0.457 e. The molecule has 0 unspecified atom stereocenters. The van der Waals surface area contributed by atoms with Crippen molar-refractivity contribution < 1.29 is 22.3 Å². The number of carbonyl (C=O) groups is 1. The Morgan fingerprint density at radius 1 is 0.917 bits per heavy atom. The Morgan fingerprint density at radius 2 is 1.58 bits per heavy atom. The third-order valence-electron chi connectivity index (χ3n) is 5.49. The molecule has 5 nitrogen and oxygen atoms in total. The molecular weight excluding hydrogens is 501 g/mol. The molecule has 4 aromatic rings. The van der Waals surface area contributed by atoms with Gasteiger partial charge in [0.15, 0.2) is 9.84 Å². The van der Waals surface area contributed by atoms with Crippen LogP contribution >= 0.6 is 11.6 Å². The minimum Gasteiger partial charge on any atom is -0.457 e. The molecule has 0 aliphatic rings. The highest BCUT2D eigenvalue weighted by molar-refractivity contribution is 7.91. The van der Waals surface area contributed by atoms with Crippen molar-refractivity contribution in [2.24, 2.45) is 0 Å². The van der Waals surface area contributed by atoms with E-state index >= 15 is 0 Å². The Hall–Kier alpha value is -3.68. The third-order valence-corrected chi connectivity index (χ3v) is 7.49. The van der Waals surface area contributed by atoms with Gasteiger partial charge in [0.2, 0.25) is 5.91 Å². The topological polar surface area (TPSA) is 72.5 Å². The van der Waals surface area contributed by atoms with Gasteiger partial charge in [-0.05, 0) is 71.8 Å². The number of hydrogen-bond acceptors (Lipinski definition) is 4. The molecule has 0 aromatic heterocycles. The van der Waals surface area contributed by atoms with Crippen molar-refractivity contribution in [3.63, 3.8) is 0 Å². The molecule has 4 rings (SSSR count). The molecule has 0 fully saturated rings. The monoisotopic (exact) mass is 523 g/mol. The highest BCUT2D eigenvalue weighted by atomic mass is 35.5. The van der Waals surface area contributed by atoms with E-state index in [1.54, 1.807) is 73.7 Å². The van der Waals surface area contributed by atoms with Crippen LogP contribution in [0.4, 0.5) is 10.1 Å². The summed E-state index contributed by atoms with van der Waals surface area (Å²) in [6.07, 6.45) is 0.0690. The van der Waals surface area contributed by atoms with E-state index in [-0.39, 0.29) is 28.8 Å². The fourth-order valence-electron chi connectivity index (χ4n) is 3.55. The van der Waals surface area contributed by atoms with Crippen LogP contribution in [0.15, 0.2) is 95.9 Å². The van der Waals surface area contributed by atoms with Crippen LogP contribution in [0, 0.1) is 5.82 Å². The van der Waals surface area contributed by atoms with Gasteiger partial charge >= 0.3 is 0 Å². The zero-order valence-corrected chi connectivity index (χ0v) is 20.9. The molecule has 0 heterocycles. The Morgan fingerprint density at radius 3 is 2.22 bits per heavy atom. The maximum atomic E-state index is 13.5. The van der Waals surface area contributed by atoms with Gasteiger partial charge in [-0.3, -0.25) is 4.79 Å². The van der Waals surface area contributed by atoms with Crippen LogP contribution in [0.3, 0.4) is 0 Å². The lowest BCUT2D eigenvalue weighted by atomic mass is 10.0. The van der Waals surface area contributed by atoms with E-state index in [1.807, 2.05) is 0 Å². The minimum absolute atomic E-state index is 0.0151. The summed E-state index contributed by atoms with van der Waals surface area (Å²) in [4.78, 5) is 12.9. The molecule has 0 atom stereocenters. The molecule has 4 aromatic carbocycles. The normalized spacial score (nSPS) is 11.2. The minimum atomic E-state index is -3.30. The van der Waals surface area contributed by atoms with E-state index in [0.29, 0.717) is 27.8 Å². The molecular formula is C28H23ClFNO4S. The number of benzene rings is 4. The smallest absolute Gasteiger partial charge is 0.228 e. The lowest BCUT2D eigenvalue weighted by Gasteiger charge is -2.14. The number of hydrogen-bond donors (Lipinski definition) is 1. The van der Waals surface area contributed by atoms with Crippen LogP contribution < -0.4 is 10.1 Å². The molecule has 0 spiro atoms. The van der Waals surface area contributed by atoms with Crippen molar-refractivity contribution in [1.82, 2.24) is 0 Å². The Kier molecular flexibility index (Phi) is 7.72. The van der Waals surface area contributed by atoms with Gasteiger partial charge in [-0.1, -0.05) is 42.8 Å². The van der Waals surface area contributed by atoms with E-state index in [4.69, 9.17) is 16.3 Å². The number of sulfone groups is 1. The lowest BCUT2D eigenvalue weighted by molar-refractivity contribution is -0.115. The first-order valence-corrected chi connectivity index (χ1v) is 13.2. The highest BCUT2D eigenvalue weighted by Crippen LogP contribution is 2.36. The Balaban J connectivity index is 1.55. The summed E-state index contributed by atoms with van der Waals surface area (Å²) >= 11 is 5.98. The molecule has 0 aliphatic carbocycles. The Labute approximate surface area is 214 Å². The lowest BCUT2D eigenvalue weighted by Crippen LogP contribution is -2.14. The Bertz CT molecular complexity index is 1470. The van der Waals surface area contributed by atoms with Crippen LogP contribution in [-0.2, 0) is 21.1 Å². The summed E-state index contributed by atoms with van der Waals surface area (Å²) < 4.78 is 43.5. The standard InChI is InChI=1S/C28H23ClFNO4S/c1-2-36(33,34)25-14-3-19(4-15-25)17-28(32)31-23-11-16-26(20-5-9-22(30)10-6-20)27(18-23)35-24-12-7-21(29)8-13-24/h3-16,18H,2,17H2,1H3,(H,31,32). The van der Waals surface area contributed by atoms with Crippen LogP contribution in [0.2, 0.25) is 5.02 Å². The first kappa shape index (κ1) is 25.4. The molecule has 184 valence electrons. The fourth-order valence-corrected chi connectivity index (χ4v) is 4.56. The third kappa shape index (κ3) is 6.30. The number of rotatable bonds is 8. The van der Waals surface area contributed by atoms with Gasteiger partial charge in [0, 0.05) is 22.3 Å². The van der Waals surface area contributed by atoms with Crippen molar-refractivity contribution in [2.75, 3.05) is 11.1 Å². The molecule has 0 bridgehead atoms. The molecule has 0 aliphatic heterocycles. The van der Waals surface area contributed by atoms with E-state index in [9.17, 15) is 17.6 Å². The SMILES string of the molecule is CCS(=O)(=O)c1ccc(CC(=O)Nc2ccc(-c3ccc(F)cc3)c(Oc3ccc(Cl)cc3)c2)cc1. The van der Waals surface area contributed by atoms with Gasteiger partial charge in [0.1, 0.15) is 17.3 Å². The van der Waals surface area contributed by atoms with Crippen LogP contribution in [-0.4, -0.2) is 20.1 Å². The van der Waals surface area contributed by atoms with Crippen molar-refractivity contribution in [1.29, 1.82) is 0 Å². The summed E-state index contributed by atoms with van der Waals surface area (Å²) in [5.74, 6) is 0.418. The highest BCUT2D eigenvalue weighted by Gasteiger charge is 2.14. The zero-order valence-electron chi connectivity index (χ0n) is 19.4. The van der Waals surface area contributed by atoms with Crippen LogP contribution in [0.1, 0.15) is 12.5 Å². The maximum absolute atomic E-state index is 13.5. The fraction of sp³-hybridized carbons (Fsp3) is 0.107. The van der Waals surface area contributed by atoms with Crippen LogP contribution in [0.25, 0.3) is 11.1 Å². The molecule has 0 saturated carbocycles. The zero-order chi connectivity index (χ0) is 25.7. The van der Waals surface area contributed by atoms with Gasteiger partial charge in [0.25, 0.3) is 0 Å². The second-order valence-electron chi connectivity index (χ2n) is 8.05. The van der Waals surface area contributed by atoms with E-state index in [2.05, 4.69) is 5.32 Å². The van der Waals surface area contributed by atoms with Gasteiger partial charge in [-0.25, -0.2) is 12.8 Å². The first-order valence-electron chi connectivity index (χ1n) is 11.2. The molecule has 0 saturated heterocycles. The first-order chi connectivity index (χ1) is 17.2. The van der Waals surface area contributed by atoms with Gasteiger partial charge in [0.05, 0.1) is 17.1 Å². The van der Waals surface area contributed by atoms with Crippen molar-refractivity contribution in [3.8, 4) is 22.6 Å². The summed E-state index contributed by atoms with van der Waals surface area (Å²) in [6.45, 7) is 1.59. The number of ether oxygens (including phenoxy) is 1. The summed E-state index contributed by atoms with van der Waals surface area (Å²) in [6, 6.07) is 24.4. The van der Waals surface area contributed by atoms with Gasteiger partial charge in [-0.15, -0.1) is 0 Å². The summed E-state index contributed by atoms with van der Waals surface area (Å²) in [5, 5.41) is 3.42.